The van der Waals surface area contributed by atoms with E-state index in [1.807, 2.05) is 40.7 Å². The van der Waals surface area contributed by atoms with Gasteiger partial charge in [0.05, 0.1) is 18.3 Å². The maximum Gasteiger partial charge on any atom is 0.410 e. The smallest absolute Gasteiger partial charge is 0.410 e. The lowest BCUT2D eigenvalue weighted by Gasteiger charge is -2.47. The summed E-state index contributed by atoms with van der Waals surface area (Å²) in [5.74, 6) is -0.0324. The Bertz CT molecular complexity index is 580. The van der Waals surface area contributed by atoms with Gasteiger partial charge in [0.2, 0.25) is 0 Å². The summed E-state index contributed by atoms with van der Waals surface area (Å²) in [4.78, 5) is 15.8. The van der Waals surface area contributed by atoms with Gasteiger partial charge in [0.15, 0.2) is 11.6 Å². The Morgan fingerprint density at radius 3 is 2.58 bits per heavy atom. The molecule has 1 amide bonds. The number of benzene rings is 1. The standard InChI is InChI=1S/C16H21FN2O3.C2H6/c1-16(2,3)22-15(20)18-9-11(10-18)19-7-8-21-14-12(17)5-4-6-13(14)19;1-2/h4-6,11H,7-10H2,1-3H3;1-2H3. The monoisotopic (exact) mass is 338 g/mol. The largest absolute Gasteiger partial charge is 0.486 e. The third kappa shape index (κ3) is 3.91. The molecular formula is C18H27FN2O3. The first-order valence-electron chi connectivity index (χ1n) is 8.51. The van der Waals surface area contributed by atoms with Crippen LogP contribution in [0.4, 0.5) is 14.9 Å². The van der Waals surface area contributed by atoms with Crippen LogP contribution in [0.25, 0.3) is 0 Å². The van der Waals surface area contributed by atoms with E-state index in [-0.39, 0.29) is 18.0 Å². The number of nitrogens with zero attached hydrogens (tertiary/aromatic N) is 2. The second-order valence-corrected chi connectivity index (χ2v) is 6.67. The Morgan fingerprint density at radius 1 is 1.29 bits per heavy atom. The first-order chi connectivity index (χ1) is 11.3. The quantitative estimate of drug-likeness (QED) is 0.783. The minimum Gasteiger partial charge on any atom is -0.486 e. The average Bonchev–Trinajstić information content (AvgIpc) is 2.47. The summed E-state index contributed by atoms with van der Waals surface area (Å²) in [5, 5.41) is 0. The van der Waals surface area contributed by atoms with E-state index in [1.165, 1.54) is 6.07 Å². The summed E-state index contributed by atoms with van der Waals surface area (Å²) in [5.41, 5.74) is 0.275. The molecule has 0 N–H and O–H groups in total. The van der Waals surface area contributed by atoms with E-state index in [4.69, 9.17) is 9.47 Å². The predicted molar refractivity (Wildman–Crippen MR) is 92.2 cm³/mol. The number of hydrogen-bond donors (Lipinski definition) is 0. The highest BCUT2D eigenvalue weighted by Gasteiger charge is 2.39. The Kier molecular flexibility index (Phi) is 5.57. The molecule has 6 heteroatoms. The van der Waals surface area contributed by atoms with Crippen LogP contribution in [0.15, 0.2) is 18.2 Å². The van der Waals surface area contributed by atoms with Crippen molar-refractivity contribution in [1.82, 2.24) is 4.90 Å². The fourth-order valence-corrected chi connectivity index (χ4v) is 2.74. The van der Waals surface area contributed by atoms with E-state index in [0.29, 0.717) is 32.0 Å². The minimum absolute atomic E-state index is 0.178. The SMILES string of the molecule is CC.CC(C)(C)OC(=O)N1CC(N2CCOc3c(F)cccc32)C1. The zero-order chi connectivity index (χ0) is 17.9. The zero-order valence-electron chi connectivity index (χ0n) is 15.1. The third-order valence-electron chi connectivity index (χ3n) is 3.79. The van der Waals surface area contributed by atoms with Gasteiger partial charge in [-0.1, -0.05) is 19.9 Å². The summed E-state index contributed by atoms with van der Waals surface area (Å²) in [7, 11) is 0. The molecule has 5 nitrogen and oxygen atoms in total. The highest BCUT2D eigenvalue weighted by molar-refractivity contribution is 5.70. The Hall–Kier alpha value is -1.98. The molecule has 1 fully saturated rings. The number of rotatable bonds is 1. The molecule has 0 atom stereocenters. The Labute approximate surface area is 143 Å². The number of hydrogen-bond acceptors (Lipinski definition) is 4. The number of likely N-dealkylation sites (tertiary alicyclic amines) is 1. The molecule has 0 bridgehead atoms. The lowest BCUT2D eigenvalue weighted by Crippen LogP contribution is -2.63. The molecule has 0 unspecified atom stereocenters. The molecule has 3 rings (SSSR count). The molecule has 1 aromatic rings. The highest BCUT2D eigenvalue weighted by Crippen LogP contribution is 2.36. The van der Waals surface area contributed by atoms with Crippen LogP contribution in [0, 0.1) is 5.82 Å². The summed E-state index contributed by atoms with van der Waals surface area (Å²) in [6, 6.07) is 5.11. The van der Waals surface area contributed by atoms with Crippen molar-refractivity contribution in [3.05, 3.63) is 24.0 Å². The lowest BCUT2D eigenvalue weighted by atomic mass is 10.1. The molecule has 0 aliphatic carbocycles. The van der Waals surface area contributed by atoms with Crippen molar-refractivity contribution in [3.8, 4) is 5.75 Å². The van der Waals surface area contributed by atoms with Crippen molar-refractivity contribution in [1.29, 1.82) is 0 Å². The van der Waals surface area contributed by atoms with E-state index in [2.05, 4.69) is 4.90 Å². The van der Waals surface area contributed by atoms with Gasteiger partial charge in [-0.15, -0.1) is 0 Å². The second kappa shape index (κ2) is 7.28. The molecular weight excluding hydrogens is 311 g/mol. The van der Waals surface area contributed by atoms with Crippen LogP contribution >= 0.6 is 0 Å². The van der Waals surface area contributed by atoms with Crippen LogP contribution in [0.2, 0.25) is 0 Å². The van der Waals surface area contributed by atoms with E-state index in [0.717, 1.165) is 5.69 Å². The van der Waals surface area contributed by atoms with E-state index >= 15 is 0 Å². The summed E-state index contributed by atoms with van der Waals surface area (Å²) < 4.78 is 24.6. The minimum atomic E-state index is -0.489. The lowest BCUT2D eigenvalue weighted by molar-refractivity contribution is 0.00768. The molecule has 24 heavy (non-hydrogen) atoms. The normalized spacial score (nSPS) is 17.1. The van der Waals surface area contributed by atoms with Crippen molar-refractivity contribution in [3.63, 3.8) is 0 Å². The fourth-order valence-electron chi connectivity index (χ4n) is 2.74. The zero-order valence-corrected chi connectivity index (χ0v) is 15.1. The maximum atomic E-state index is 13.8. The van der Waals surface area contributed by atoms with Crippen LogP contribution in [0.1, 0.15) is 34.6 Å². The second-order valence-electron chi connectivity index (χ2n) is 6.67. The van der Waals surface area contributed by atoms with Crippen molar-refractivity contribution in [2.45, 2.75) is 46.3 Å². The average molecular weight is 338 g/mol. The molecule has 1 saturated heterocycles. The molecule has 2 heterocycles. The number of amides is 1. The third-order valence-corrected chi connectivity index (χ3v) is 3.79. The van der Waals surface area contributed by atoms with Crippen LogP contribution in [0.3, 0.4) is 0 Å². The molecule has 0 aromatic heterocycles. The van der Waals surface area contributed by atoms with Gasteiger partial charge in [-0.2, -0.15) is 0 Å². The van der Waals surface area contributed by atoms with Crippen LogP contribution < -0.4 is 9.64 Å². The van der Waals surface area contributed by atoms with E-state index < -0.39 is 5.60 Å². The summed E-state index contributed by atoms with van der Waals surface area (Å²) in [6.07, 6.45) is -0.295. The number of anilines is 1. The number of carbonyl (C=O) groups excluding carboxylic acids is 1. The fraction of sp³-hybridized carbons (Fsp3) is 0.611. The van der Waals surface area contributed by atoms with Crippen LogP contribution in [-0.2, 0) is 4.74 Å². The Morgan fingerprint density at radius 2 is 1.96 bits per heavy atom. The molecule has 134 valence electrons. The molecule has 0 radical (unpaired) electrons. The van der Waals surface area contributed by atoms with Gasteiger partial charge in [0.25, 0.3) is 0 Å². The van der Waals surface area contributed by atoms with E-state index in [1.54, 1.807) is 11.0 Å². The van der Waals surface area contributed by atoms with Crippen molar-refractivity contribution in [2.24, 2.45) is 0 Å². The van der Waals surface area contributed by atoms with Crippen molar-refractivity contribution < 1.29 is 18.7 Å². The summed E-state index contributed by atoms with van der Waals surface area (Å²) in [6.45, 7) is 11.9. The van der Waals surface area contributed by atoms with Gasteiger partial charge in [-0.25, -0.2) is 9.18 Å². The number of para-hydroxylation sites is 1. The Balaban J connectivity index is 0.00000100. The van der Waals surface area contributed by atoms with Gasteiger partial charge < -0.3 is 19.3 Å². The van der Waals surface area contributed by atoms with Gasteiger partial charge in [-0.3, -0.25) is 0 Å². The highest BCUT2D eigenvalue weighted by atomic mass is 19.1. The number of ether oxygens (including phenoxy) is 2. The molecule has 1 aromatic carbocycles. The molecule has 0 spiro atoms. The first-order valence-corrected chi connectivity index (χ1v) is 8.51. The van der Waals surface area contributed by atoms with Crippen LogP contribution in [0.5, 0.6) is 5.75 Å². The van der Waals surface area contributed by atoms with Gasteiger partial charge in [0, 0.05) is 13.1 Å². The van der Waals surface area contributed by atoms with Gasteiger partial charge in [0.1, 0.15) is 12.2 Å². The van der Waals surface area contributed by atoms with Gasteiger partial charge in [-0.05, 0) is 32.9 Å². The van der Waals surface area contributed by atoms with Crippen molar-refractivity contribution >= 4 is 11.8 Å². The number of halogens is 1. The van der Waals surface area contributed by atoms with Gasteiger partial charge >= 0.3 is 6.09 Å². The summed E-state index contributed by atoms with van der Waals surface area (Å²) >= 11 is 0. The first kappa shape index (κ1) is 18.4. The predicted octanol–water partition coefficient (Wildman–Crippen LogP) is 3.67. The number of fused-ring (bicyclic) bond motifs is 1. The molecule has 2 aliphatic heterocycles. The van der Waals surface area contributed by atoms with E-state index in [9.17, 15) is 9.18 Å². The maximum absolute atomic E-state index is 13.8. The molecule has 2 aliphatic rings. The topological polar surface area (TPSA) is 42.0 Å². The van der Waals surface area contributed by atoms with Crippen molar-refractivity contribution in [2.75, 3.05) is 31.1 Å². The molecule has 0 saturated carbocycles. The number of carbonyl (C=O) groups is 1. The van der Waals surface area contributed by atoms with Crippen LogP contribution in [-0.4, -0.2) is 48.9 Å².